The van der Waals surface area contributed by atoms with Gasteiger partial charge in [-0.1, -0.05) is 6.92 Å². The number of hydrogen-bond acceptors (Lipinski definition) is 5. The molecule has 78 valence electrons. The molecule has 0 aliphatic carbocycles. The lowest BCUT2D eigenvalue weighted by Crippen LogP contribution is -2.14. The van der Waals surface area contributed by atoms with Gasteiger partial charge in [0, 0.05) is 24.5 Å². The van der Waals surface area contributed by atoms with Crippen molar-refractivity contribution in [3.8, 4) is 0 Å². The molecule has 0 spiro atoms. The zero-order valence-corrected chi connectivity index (χ0v) is 8.97. The van der Waals surface area contributed by atoms with Crippen molar-refractivity contribution in [2.24, 2.45) is 5.92 Å². The molecular weight excluding hydrogens is 202 g/mol. The number of carboxylic acids is 1. The normalized spacial score (nSPS) is 12.4. The highest BCUT2D eigenvalue weighted by atomic mass is 32.1. The fraction of sp³-hybridized carbons (Fsp3) is 0.625. The van der Waals surface area contributed by atoms with Crippen LogP contribution in [0.25, 0.3) is 0 Å². The summed E-state index contributed by atoms with van der Waals surface area (Å²) in [5, 5.41) is 12.3. The van der Waals surface area contributed by atoms with Gasteiger partial charge in [-0.25, -0.2) is 4.98 Å². The summed E-state index contributed by atoms with van der Waals surface area (Å²) >= 11 is 1.29. The molecule has 0 aliphatic rings. The summed E-state index contributed by atoms with van der Waals surface area (Å²) in [4.78, 5) is 14.5. The molecule has 5 nitrogen and oxygen atoms in total. The molecule has 0 fully saturated rings. The summed E-state index contributed by atoms with van der Waals surface area (Å²) in [5.41, 5.74) is 0. The van der Waals surface area contributed by atoms with E-state index >= 15 is 0 Å². The molecular formula is C8H13N3O2S. The molecule has 1 rings (SSSR count). The van der Waals surface area contributed by atoms with Gasteiger partial charge < -0.3 is 10.4 Å². The lowest BCUT2D eigenvalue weighted by Gasteiger charge is -2.08. The number of anilines is 1. The van der Waals surface area contributed by atoms with Crippen molar-refractivity contribution in [2.45, 2.75) is 20.3 Å². The minimum Gasteiger partial charge on any atom is -0.481 e. The molecule has 0 amide bonds. The topological polar surface area (TPSA) is 75.1 Å². The lowest BCUT2D eigenvalue weighted by molar-refractivity contribution is -0.137. The Bertz CT molecular complexity index is 313. The van der Waals surface area contributed by atoms with Gasteiger partial charge in [-0.15, -0.1) is 0 Å². The molecule has 14 heavy (non-hydrogen) atoms. The van der Waals surface area contributed by atoms with Gasteiger partial charge in [0.15, 0.2) is 0 Å². The van der Waals surface area contributed by atoms with E-state index in [2.05, 4.69) is 14.7 Å². The van der Waals surface area contributed by atoms with Crippen molar-refractivity contribution in [3.63, 3.8) is 0 Å². The Labute approximate surface area is 86.3 Å². The molecule has 1 heterocycles. The molecule has 0 saturated carbocycles. The third-order valence-electron chi connectivity index (χ3n) is 1.65. The second-order valence-electron chi connectivity index (χ2n) is 3.23. The quantitative estimate of drug-likeness (QED) is 0.775. The molecule has 0 aromatic carbocycles. The highest BCUT2D eigenvalue weighted by Gasteiger charge is 2.08. The third-order valence-corrected chi connectivity index (χ3v) is 2.42. The van der Waals surface area contributed by atoms with Crippen molar-refractivity contribution in [1.82, 2.24) is 9.36 Å². The van der Waals surface area contributed by atoms with Crippen LogP contribution in [0.5, 0.6) is 0 Å². The molecule has 0 bridgehead atoms. The zero-order valence-electron chi connectivity index (χ0n) is 8.15. The maximum Gasteiger partial charge on any atom is 0.303 e. The van der Waals surface area contributed by atoms with E-state index in [4.69, 9.17) is 5.11 Å². The van der Waals surface area contributed by atoms with Crippen LogP contribution in [0.4, 0.5) is 5.13 Å². The van der Waals surface area contributed by atoms with E-state index in [1.165, 1.54) is 11.5 Å². The van der Waals surface area contributed by atoms with Crippen molar-refractivity contribution in [3.05, 3.63) is 5.82 Å². The molecule has 1 atom stereocenters. The Morgan fingerprint density at radius 2 is 2.43 bits per heavy atom. The molecule has 6 heteroatoms. The summed E-state index contributed by atoms with van der Waals surface area (Å²) in [6.45, 7) is 4.32. The summed E-state index contributed by atoms with van der Waals surface area (Å²) < 4.78 is 4.01. The van der Waals surface area contributed by atoms with Crippen LogP contribution in [-0.2, 0) is 4.79 Å². The van der Waals surface area contributed by atoms with E-state index in [9.17, 15) is 4.79 Å². The molecule has 0 aliphatic heterocycles. The first-order chi connectivity index (χ1) is 6.58. The number of nitrogens with zero attached hydrogens (tertiary/aromatic N) is 2. The number of carbonyl (C=O) groups is 1. The van der Waals surface area contributed by atoms with Crippen LogP contribution in [0.3, 0.4) is 0 Å². The molecule has 2 N–H and O–H groups in total. The Balaban J connectivity index is 2.30. The van der Waals surface area contributed by atoms with Gasteiger partial charge in [0.1, 0.15) is 5.82 Å². The highest BCUT2D eigenvalue weighted by Crippen LogP contribution is 2.11. The van der Waals surface area contributed by atoms with Crippen LogP contribution in [0.15, 0.2) is 0 Å². The van der Waals surface area contributed by atoms with Gasteiger partial charge in [0.25, 0.3) is 0 Å². The highest BCUT2D eigenvalue weighted by molar-refractivity contribution is 7.09. The van der Waals surface area contributed by atoms with Crippen LogP contribution in [0.1, 0.15) is 19.2 Å². The van der Waals surface area contributed by atoms with Crippen LogP contribution < -0.4 is 5.32 Å². The molecule has 1 aromatic heterocycles. The first-order valence-electron chi connectivity index (χ1n) is 4.34. The van der Waals surface area contributed by atoms with Crippen molar-refractivity contribution < 1.29 is 9.90 Å². The zero-order chi connectivity index (χ0) is 10.6. The minimum absolute atomic E-state index is 0.0942. The number of aliphatic carboxylic acids is 1. The molecule has 1 aromatic rings. The van der Waals surface area contributed by atoms with Gasteiger partial charge in [-0.3, -0.25) is 4.79 Å². The summed E-state index contributed by atoms with van der Waals surface area (Å²) in [6, 6.07) is 0. The van der Waals surface area contributed by atoms with E-state index in [1.54, 1.807) is 0 Å². The standard InChI is InChI=1S/C8H13N3O2S/c1-5(3-7(12)13)4-9-8-10-6(2)11-14-8/h5H,3-4H2,1-2H3,(H,12,13)(H,9,10,11). The fourth-order valence-corrected chi connectivity index (χ4v) is 1.58. The van der Waals surface area contributed by atoms with Crippen LogP contribution in [0.2, 0.25) is 0 Å². The number of nitrogens with one attached hydrogen (secondary N) is 1. The third kappa shape index (κ3) is 3.69. The monoisotopic (exact) mass is 215 g/mol. The van der Waals surface area contributed by atoms with Gasteiger partial charge >= 0.3 is 5.97 Å². The number of carboxylic acid groups (broad SMARTS) is 1. The Morgan fingerprint density at radius 3 is 2.93 bits per heavy atom. The number of aromatic nitrogens is 2. The summed E-state index contributed by atoms with van der Waals surface area (Å²) in [6.07, 6.45) is 0.171. The maximum absolute atomic E-state index is 10.4. The predicted molar refractivity (Wildman–Crippen MR) is 54.6 cm³/mol. The molecule has 0 saturated heterocycles. The second-order valence-corrected chi connectivity index (χ2v) is 3.98. The van der Waals surface area contributed by atoms with E-state index in [0.717, 1.165) is 11.0 Å². The SMILES string of the molecule is Cc1nsc(NCC(C)CC(=O)O)n1. The second kappa shape index (κ2) is 4.90. The van der Waals surface area contributed by atoms with Crippen LogP contribution in [-0.4, -0.2) is 27.0 Å². The van der Waals surface area contributed by atoms with E-state index < -0.39 is 5.97 Å². The first-order valence-corrected chi connectivity index (χ1v) is 5.11. The molecule has 0 radical (unpaired) electrons. The lowest BCUT2D eigenvalue weighted by atomic mass is 10.1. The number of aryl methyl sites for hydroxylation is 1. The minimum atomic E-state index is -0.771. The fourth-order valence-electron chi connectivity index (χ4n) is 1.00. The maximum atomic E-state index is 10.4. The number of hydrogen-bond donors (Lipinski definition) is 2. The largest absolute Gasteiger partial charge is 0.481 e. The summed E-state index contributed by atoms with van der Waals surface area (Å²) in [5.74, 6) is 0.0628. The Hall–Kier alpha value is -1.17. The predicted octanol–water partition coefficient (Wildman–Crippen LogP) is 1.37. The van der Waals surface area contributed by atoms with Crippen LogP contribution in [0, 0.1) is 12.8 Å². The summed E-state index contributed by atoms with van der Waals surface area (Å²) in [7, 11) is 0. The average Bonchev–Trinajstić information content (AvgIpc) is 2.47. The Morgan fingerprint density at radius 1 is 1.71 bits per heavy atom. The van der Waals surface area contributed by atoms with Gasteiger partial charge in [0.2, 0.25) is 5.13 Å². The van der Waals surface area contributed by atoms with E-state index in [0.29, 0.717) is 6.54 Å². The Kier molecular flexibility index (Phi) is 3.82. The number of rotatable bonds is 5. The van der Waals surface area contributed by atoms with Gasteiger partial charge in [-0.05, 0) is 12.8 Å². The first kappa shape index (κ1) is 10.9. The van der Waals surface area contributed by atoms with Crippen molar-refractivity contribution in [2.75, 3.05) is 11.9 Å². The van der Waals surface area contributed by atoms with Crippen LogP contribution >= 0.6 is 11.5 Å². The molecule has 1 unspecified atom stereocenters. The van der Waals surface area contributed by atoms with Gasteiger partial charge in [-0.2, -0.15) is 4.37 Å². The van der Waals surface area contributed by atoms with E-state index in [-0.39, 0.29) is 12.3 Å². The van der Waals surface area contributed by atoms with E-state index in [1.807, 2.05) is 13.8 Å². The van der Waals surface area contributed by atoms with Gasteiger partial charge in [0.05, 0.1) is 0 Å². The van der Waals surface area contributed by atoms with Crippen molar-refractivity contribution in [1.29, 1.82) is 0 Å². The smallest absolute Gasteiger partial charge is 0.303 e. The van der Waals surface area contributed by atoms with Crippen molar-refractivity contribution >= 4 is 22.6 Å². The average molecular weight is 215 g/mol.